The van der Waals surface area contributed by atoms with Crippen LogP contribution in [0.15, 0.2) is 36.7 Å². The summed E-state index contributed by atoms with van der Waals surface area (Å²) in [5.74, 6) is -0.275. The molecule has 1 atom stereocenters. The molecule has 0 radical (unpaired) electrons. The molecule has 0 aliphatic carbocycles. The fourth-order valence-electron chi connectivity index (χ4n) is 3.28. The molecule has 0 spiro atoms. The molecule has 1 saturated heterocycles. The van der Waals surface area contributed by atoms with Crippen LogP contribution >= 0.6 is 0 Å². The maximum absolute atomic E-state index is 12.2. The highest BCUT2D eigenvalue weighted by Gasteiger charge is 2.23. The number of hydrogen-bond acceptors (Lipinski definition) is 3. The minimum absolute atomic E-state index is 0.0258. The fraction of sp³-hybridized carbons (Fsp3) is 0.444. The highest BCUT2D eigenvalue weighted by molar-refractivity contribution is 5.95. The van der Waals surface area contributed by atoms with Gasteiger partial charge in [-0.15, -0.1) is 0 Å². The topological polar surface area (TPSA) is 79.8 Å². The number of nitrogens with two attached hydrogens (primary N) is 1. The lowest BCUT2D eigenvalue weighted by Gasteiger charge is -2.31. The van der Waals surface area contributed by atoms with Gasteiger partial charge in [-0.05, 0) is 50.6 Å². The zero-order valence-corrected chi connectivity index (χ0v) is 13.8. The highest BCUT2D eigenvalue weighted by Crippen LogP contribution is 2.16. The molecule has 128 valence electrons. The summed E-state index contributed by atoms with van der Waals surface area (Å²) in [7, 11) is 0. The lowest BCUT2D eigenvalue weighted by Crippen LogP contribution is -2.42. The number of carbonyl (C=O) groups is 2. The van der Waals surface area contributed by atoms with Crippen molar-refractivity contribution in [2.75, 3.05) is 26.2 Å². The third kappa shape index (κ3) is 3.94. The Morgan fingerprint density at radius 2 is 2.21 bits per heavy atom. The molecule has 2 aromatic heterocycles. The van der Waals surface area contributed by atoms with Gasteiger partial charge in [0.15, 0.2) is 0 Å². The maximum atomic E-state index is 12.2. The summed E-state index contributed by atoms with van der Waals surface area (Å²) < 4.78 is 1.94. The van der Waals surface area contributed by atoms with Crippen molar-refractivity contribution < 1.29 is 9.59 Å². The summed E-state index contributed by atoms with van der Waals surface area (Å²) in [6.07, 6.45) is 6.54. The van der Waals surface area contributed by atoms with Crippen molar-refractivity contribution in [2.24, 2.45) is 11.7 Å². The van der Waals surface area contributed by atoms with Crippen LogP contribution in [-0.4, -0.2) is 47.3 Å². The SMILES string of the molecule is NC(=O)[C@@H]1CCCN(CCCNC(=O)c2cc3ccccn3c2)C1. The van der Waals surface area contributed by atoms with Gasteiger partial charge in [-0.25, -0.2) is 0 Å². The van der Waals surface area contributed by atoms with E-state index in [-0.39, 0.29) is 17.7 Å². The number of fused-ring (bicyclic) bond motifs is 1. The number of nitrogens with zero attached hydrogens (tertiary/aromatic N) is 2. The molecule has 1 aliphatic rings. The maximum Gasteiger partial charge on any atom is 0.252 e. The number of nitrogens with one attached hydrogen (secondary N) is 1. The molecule has 24 heavy (non-hydrogen) atoms. The molecular weight excluding hydrogens is 304 g/mol. The number of hydrogen-bond donors (Lipinski definition) is 2. The number of likely N-dealkylation sites (tertiary alicyclic amines) is 1. The van der Waals surface area contributed by atoms with E-state index < -0.39 is 0 Å². The van der Waals surface area contributed by atoms with Crippen LogP contribution in [0.2, 0.25) is 0 Å². The van der Waals surface area contributed by atoms with E-state index in [4.69, 9.17) is 5.73 Å². The van der Waals surface area contributed by atoms with Gasteiger partial charge in [0.25, 0.3) is 5.91 Å². The van der Waals surface area contributed by atoms with Gasteiger partial charge in [0, 0.05) is 31.0 Å². The third-order valence-electron chi connectivity index (χ3n) is 4.61. The summed E-state index contributed by atoms with van der Waals surface area (Å²) in [5.41, 5.74) is 7.08. The number of aromatic nitrogens is 1. The smallest absolute Gasteiger partial charge is 0.252 e. The Kier molecular flexibility index (Phi) is 5.15. The van der Waals surface area contributed by atoms with Gasteiger partial charge in [0.2, 0.25) is 5.91 Å². The minimum Gasteiger partial charge on any atom is -0.369 e. The third-order valence-corrected chi connectivity index (χ3v) is 4.61. The largest absolute Gasteiger partial charge is 0.369 e. The Bertz CT molecular complexity index is 692. The summed E-state index contributed by atoms with van der Waals surface area (Å²) >= 11 is 0. The van der Waals surface area contributed by atoms with E-state index in [2.05, 4.69) is 10.2 Å². The molecule has 3 rings (SSSR count). The van der Waals surface area contributed by atoms with Gasteiger partial charge in [0.05, 0.1) is 11.5 Å². The van der Waals surface area contributed by atoms with Crippen molar-refractivity contribution >= 4 is 17.3 Å². The Morgan fingerprint density at radius 3 is 3.00 bits per heavy atom. The van der Waals surface area contributed by atoms with E-state index in [9.17, 15) is 9.59 Å². The number of carbonyl (C=O) groups excluding carboxylic acids is 2. The van der Waals surface area contributed by atoms with Crippen LogP contribution in [0.25, 0.3) is 5.52 Å². The molecule has 2 amide bonds. The van der Waals surface area contributed by atoms with E-state index >= 15 is 0 Å². The van der Waals surface area contributed by atoms with Crippen molar-refractivity contribution in [3.05, 3.63) is 42.2 Å². The fourth-order valence-corrected chi connectivity index (χ4v) is 3.28. The van der Waals surface area contributed by atoms with Gasteiger partial charge in [-0.3, -0.25) is 9.59 Å². The molecule has 0 aromatic carbocycles. The molecule has 2 aromatic rings. The Balaban J connectivity index is 1.43. The van der Waals surface area contributed by atoms with Crippen LogP contribution in [0.1, 0.15) is 29.6 Å². The molecule has 0 unspecified atom stereocenters. The highest BCUT2D eigenvalue weighted by atomic mass is 16.2. The summed E-state index contributed by atoms with van der Waals surface area (Å²) in [5, 5.41) is 2.96. The van der Waals surface area contributed by atoms with Gasteiger partial charge < -0.3 is 20.4 Å². The Hall–Kier alpha value is -2.34. The molecule has 0 saturated carbocycles. The summed E-state index contributed by atoms with van der Waals surface area (Å²) in [4.78, 5) is 25.8. The predicted molar refractivity (Wildman–Crippen MR) is 92.7 cm³/mol. The average Bonchev–Trinajstić information content (AvgIpc) is 3.03. The van der Waals surface area contributed by atoms with Crippen molar-refractivity contribution in [3.63, 3.8) is 0 Å². The number of piperidine rings is 1. The minimum atomic E-state index is -0.200. The molecule has 1 aliphatic heterocycles. The standard InChI is InChI=1S/C18H24N4O2/c19-17(23)14-5-3-8-21(12-14)9-4-7-20-18(24)15-11-16-6-1-2-10-22(16)13-15/h1-2,6,10-11,13-14H,3-5,7-9,12H2,(H2,19,23)(H,20,24)/t14-/m1/s1. The first-order valence-electron chi connectivity index (χ1n) is 8.50. The van der Waals surface area contributed by atoms with Crippen molar-refractivity contribution in [1.82, 2.24) is 14.6 Å². The molecule has 1 fully saturated rings. The summed E-state index contributed by atoms with van der Waals surface area (Å²) in [6, 6.07) is 7.75. The number of rotatable bonds is 6. The van der Waals surface area contributed by atoms with Crippen molar-refractivity contribution in [1.29, 1.82) is 0 Å². The number of primary amides is 1. The second kappa shape index (κ2) is 7.49. The number of amides is 2. The van der Waals surface area contributed by atoms with Gasteiger partial charge >= 0.3 is 0 Å². The molecular formula is C18H24N4O2. The second-order valence-electron chi connectivity index (χ2n) is 6.41. The average molecular weight is 328 g/mol. The number of pyridine rings is 1. The second-order valence-corrected chi connectivity index (χ2v) is 6.41. The van der Waals surface area contributed by atoms with Crippen molar-refractivity contribution in [3.8, 4) is 0 Å². The van der Waals surface area contributed by atoms with E-state index in [1.54, 1.807) is 0 Å². The van der Waals surface area contributed by atoms with Crippen LogP contribution in [0.3, 0.4) is 0 Å². The normalized spacial score (nSPS) is 18.6. The monoisotopic (exact) mass is 328 g/mol. The zero-order chi connectivity index (χ0) is 16.9. The summed E-state index contributed by atoms with van der Waals surface area (Å²) in [6.45, 7) is 3.25. The van der Waals surface area contributed by atoms with Crippen LogP contribution in [0.5, 0.6) is 0 Å². The Labute approximate surface area is 141 Å². The van der Waals surface area contributed by atoms with Gasteiger partial charge in [0.1, 0.15) is 0 Å². The first-order chi connectivity index (χ1) is 11.6. The first-order valence-corrected chi connectivity index (χ1v) is 8.50. The van der Waals surface area contributed by atoms with Crippen LogP contribution in [-0.2, 0) is 4.79 Å². The predicted octanol–water partition coefficient (Wildman–Crippen LogP) is 1.26. The molecule has 6 heteroatoms. The van der Waals surface area contributed by atoms with Crippen LogP contribution in [0.4, 0.5) is 0 Å². The molecule has 6 nitrogen and oxygen atoms in total. The molecule has 3 N–H and O–H groups in total. The van der Waals surface area contributed by atoms with Crippen LogP contribution in [0, 0.1) is 5.92 Å². The Morgan fingerprint density at radius 1 is 1.33 bits per heavy atom. The molecule has 3 heterocycles. The van der Waals surface area contributed by atoms with Gasteiger partial charge in [-0.2, -0.15) is 0 Å². The van der Waals surface area contributed by atoms with E-state index in [0.29, 0.717) is 12.1 Å². The van der Waals surface area contributed by atoms with Crippen molar-refractivity contribution in [2.45, 2.75) is 19.3 Å². The lowest BCUT2D eigenvalue weighted by molar-refractivity contribution is -0.123. The van der Waals surface area contributed by atoms with E-state index in [1.165, 1.54) is 0 Å². The zero-order valence-electron chi connectivity index (χ0n) is 13.8. The first kappa shape index (κ1) is 16.5. The quantitative estimate of drug-likeness (QED) is 0.784. The van der Waals surface area contributed by atoms with E-state index in [1.807, 2.05) is 41.1 Å². The lowest BCUT2D eigenvalue weighted by atomic mass is 9.97. The van der Waals surface area contributed by atoms with Gasteiger partial charge in [-0.1, -0.05) is 6.07 Å². The van der Waals surface area contributed by atoms with E-state index in [0.717, 1.165) is 44.4 Å². The molecule has 0 bridgehead atoms. The van der Waals surface area contributed by atoms with Crippen LogP contribution < -0.4 is 11.1 Å².